The van der Waals surface area contributed by atoms with Crippen LogP contribution < -0.4 is 30.2 Å². The number of amides is 3. The molecule has 3 N–H and O–H groups in total. The molecule has 1 heterocycles. The summed E-state index contributed by atoms with van der Waals surface area (Å²) in [6.07, 6.45) is 3.12. The van der Waals surface area contributed by atoms with Gasteiger partial charge in [0, 0.05) is 39.4 Å². The van der Waals surface area contributed by atoms with Crippen LogP contribution in [0.5, 0.6) is 17.2 Å². The molecule has 0 aliphatic carbocycles. The molecule has 0 fully saturated rings. The summed E-state index contributed by atoms with van der Waals surface area (Å²) in [7, 11) is 4.49. The Balaban J connectivity index is 1.57. The molecule has 42 heavy (non-hydrogen) atoms. The first-order chi connectivity index (χ1) is 20.4. The van der Waals surface area contributed by atoms with Gasteiger partial charge >= 0.3 is 0 Å². The summed E-state index contributed by atoms with van der Waals surface area (Å²) in [5.74, 6) is 0.201. The van der Waals surface area contributed by atoms with E-state index in [1.54, 1.807) is 72.2 Å². The zero-order valence-electron chi connectivity index (χ0n) is 23.0. The second-order valence-electron chi connectivity index (χ2n) is 8.48. The molecular formula is C30H28N4O6S2. The van der Waals surface area contributed by atoms with Crippen LogP contribution in [0.15, 0.2) is 88.9 Å². The summed E-state index contributed by atoms with van der Waals surface area (Å²) in [6, 6.07) is 18.9. The van der Waals surface area contributed by atoms with Crippen molar-refractivity contribution in [1.82, 2.24) is 10.3 Å². The first-order valence-electron chi connectivity index (χ1n) is 12.5. The Morgan fingerprint density at radius 2 is 1.62 bits per heavy atom. The molecule has 216 valence electrons. The second-order valence-corrected chi connectivity index (χ2v) is 10.4. The Bertz CT molecular complexity index is 1580. The van der Waals surface area contributed by atoms with E-state index in [0.717, 1.165) is 4.90 Å². The summed E-state index contributed by atoms with van der Waals surface area (Å²) >= 11 is 2.65. The number of rotatable bonds is 12. The van der Waals surface area contributed by atoms with Crippen LogP contribution in [0.4, 0.5) is 10.8 Å². The standard InChI is InChI=1S/C30H28N4O6S2/c1-38-24-17-26(40-3)25(39-2)15-20(24)14-23(33-28(36)19-8-5-4-6-9-19)29(37)32-21-10-7-11-22(16-21)42-18-27(35)34-30-31-12-13-41-30/h4-17H,18H2,1-3H3,(H,32,37)(H,33,36)(H,31,34,35)/b23-14+. The van der Waals surface area contributed by atoms with Crippen LogP contribution in [0.3, 0.4) is 0 Å². The highest BCUT2D eigenvalue weighted by molar-refractivity contribution is 8.00. The molecule has 0 saturated carbocycles. The molecule has 1 aromatic heterocycles. The minimum atomic E-state index is -0.570. The van der Waals surface area contributed by atoms with Gasteiger partial charge in [0.05, 0.1) is 27.1 Å². The molecule has 10 nitrogen and oxygen atoms in total. The van der Waals surface area contributed by atoms with E-state index in [4.69, 9.17) is 14.2 Å². The van der Waals surface area contributed by atoms with Crippen molar-refractivity contribution in [2.45, 2.75) is 4.90 Å². The van der Waals surface area contributed by atoms with Gasteiger partial charge in [0.25, 0.3) is 11.8 Å². The SMILES string of the molecule is COc1cc(OC)c(OC)cc1/C=C(/NC(=O)c1ccccc1)C(=O)Nc1cccc(SCC(=O)Nc2nccs2)c1. The number of hydrogen-bond donors (Lipinski definition) is 3. The fourth-order valence-corrected chi connectivity index (χ4v) is 5.02. The van der Waals surface area contributed by atoms with Crippen LogP contribution in [0.25, 0.3) is 6.08 Å². The van der Waals surface area contributed by atoms with E-state index in [1.807, 2.05) is 6.07 Å². The Morgan fingerprint density at radius 1 is 0.881 bits per heavy atom. The minimum Gasteiger partial charge on any atom is -0.496 e. The minimum absolute atomic E-state index is 0.0322. The highest BCUT2D eigenvalue weighted by atomic mass is 32.2. The summed E-state index contributed by atoms with van der Waals surface area (Å²) in [5.41, 5.74) is 1.30. The monoisotopic (exact) mass is 604 g/mol. The highest BCUT2D eigenvalue weighted by Gasteiger charge is 2.18. The van der Waals surface area contributed by atoms with Crippen molar-refractivity contribution in [3.8, 4) is 17.2 Å². The van der Waals surface area contributed by atoms with E-state index in [2.05, 4.69) is 20.9 Å². The quantitative estimate of drug-likeness (QED) is 0.147. The zero-order chi connectivity index (χ0) is 29.9. The van der Waals surface area contributed by atoms with Crippen molar-refractivity contribution in [2.75, 3.05) is 37.7 Å². The Hall–Kier alpha value is -4.81. The number of anilines is 2. The van der Waals surface area contributed by atoms with Gasteiger partial charge in [0.15, 0.2) is 16.6 Å². The van der Waals surface area contributed by atoms with Crippen molar-refractivity contribution in [1.29, 1.82) is 0 Å². The molecule has 4 rings (SSSR count). The van der Waals surface area contributed by atoms with Crippen LogP contribution in [-0.2, 0) is 9.59 Å². The van der Waals surface area contributed by atoms with Gasteiger partial charge in [-0.25, -0.2) is 4.98 Å². The number of carbonyl (C=O) groups excluding carboxylic acids is 3. The summed E-state index contributed by atoms with van der Waals surface area (Å²) < 4.78 is 16.3. The number of hydrogen-bond acceptors (Lipinski definition) is 9. The van der Waals surface area contributed by atoms with Gasteiger partial charge in [0.1, 0.15) is 11.4 Å². The fraction of sp³-hybridized carbons (Fsp3) is 0.133. The number of ether oxygens (including phenoxy) is 3. The van der Waals surface area contributed by atoms with E-state index >= 15 is 0 Å². The summed E-state index contributed by atoms with van der Waals surface area (Å²) in [6.45, 7) is 0. The molecule has 0 aliphatic heterocycles. The molecule has 3 amide bonds. The molecule has 0 aliphatic rings. The van der Waals surface area contributed by atoms with Crippen LogP contribution in [0.1, 0.15) is 15.9 Å². The third-order valence-electron chi connectivity index (χ3n) is 5.71. The number of nitrogens with zero attached hydrogens (tertiary/aromatic N) is 1. The molecule has 0 radical (unpaired) electrons. The summed E-state index contributed by atoms with van der Waals surface area (Å²) in [4.78, 5) is 43.7. The number of methoxy groups -OCH3 is 3. The largest absolute Gasteiger partial charge is 0.496 e. The Kier molecular flexibility index (Phi) is 10.6. The van der Waals surface area contributed by atoms with Gasteiger partial charge < -0.3 is 30.2 Å². The van der Waals surface area contributed by atoms with Crippen molar-refractivity contribution in [3.05, 3.63) is 95.1 Å². The van der Waals surface area contributed by atoms with E-state index in [0.29, 0.717) is 39.2 Å². The van der Waals surface area contributed by atoms with E-state index in [-0.39, 0.29) is 17.4 Å². The molecule has 4 aromatic rings. The number of aromatic nitrogens is 1. The molecule has 3 aromatic carbocycles. The zero-order valence-corrected chi connectivity index (χ0v) is 24.6. The topological polar surface area (TPSA) is 128 Å². The highest BCUT2D eigenvalue weighted by Crippen LogP contribution is 2.35. The van der Waals surface area contributed by atoms with Crippen LogP contribution >= 0.6 is 23.1 Å². The second kappa shape index (κ2) is 14.7. The molecule has 0 atom stereocenters. The van der Waals surface area contributed by atoms with Crippen LogP contribution in [0, 0.1) is 0 Å². The maximum atomic E-state index is 13.5. The van der Waals surface area contributed by atoms with Gasteiger partial charge in [-0.15, -0.1) is 23.1 Å². The first kappa shape index (κ1) is 30.2. The summed E-state index contributed by atoms with van der Waals surface area (Å²) in [5, 5.41) is 10.6. The van der Waals surface area contributed by atoms with E-state index < -0.39 is 11.8 Å². The lowest BCUT2D eigenvalue weighted by Gasteiger charge is -2.15. The molecule has 0 saturated heterocycles. The van der Waals surface area contributed by atoms with Crippen molar-refractivity contribution >= 4 is 57.7 Å². The number of thiazole rings is 1. The van der Waals surface area contributed by atoms with Gasteiger partial charge in [-0.3, -0.25) is 14.4 Å². The number of carbonyl (C=O) groups is 3. The molecule has 0 unspecified atom stereocenters. The van der Waals surface area contributed by atoms with Gasteiger partial charge in [-0.05, 0) is 42.5 Å². The molecule has 0 spiro atoms. The number of nitrogens with one attached hydrogen (secondary N) is 3. The van der Waals surface area contributed by atoms with Crippen molar-refractivity contribution in [2.24, 2.45) is 0 Å². The first-order valence-corrected chi connectivity index (χ1v) is 14.4. The molecular weight excluding hydrogens is 576 g/mol. The Labute approximate surface area is 251 Å². The average molecular weight is 605 g/mol. The van der Waals surface area contributed by atoms with E-state index in [9.17, 15) is 14.4 Å². The number of thioether (sulfide) groups is 1. The fourth-order valence-electron chi connectivity index (χ4n) is 3.72. The van der Waals surface area contributed by atoms with Crippen LogP contribution in [0.2, 0.25) is 0 Å². The molecule has 12 heteroatoms. The maximum absolute atomic E-state index is 13.5. The van der Waals surface area contributed by atoms with E-state index in [1.165, 1.54) is 50.5 Å². The third kappa shape index (κ3) is 8.12. The lowest BCUT2D eigenvalue weighted by Crippen LogP contribution is -2.30. The maximum Gasteiger partial charge on any atom is 0.272 e. The third-order valence-corrected chi connectivity index (χ3v) is 7.39. The normalized spacial score (nSPS) is 10.9. The molecule has 0 bridgehead atoms. The average Bonchev–Trinajstić information content (AvgIpc) is 3.53. The van der Waals surface area contributed by atoms with Crippen LogP contribution in [-0.4, -0.2) is 49.8 Å². The lowest BCUT2D eigenvalue weighted by molar-refractivity contribution is -0.114. The van der Waals surface area contributed by atoms with Gasteiger partial charge in [-0.2, -0.15) is 0 Å². The Morgan fingerprint density at radius 3 is 2.31 bits per heavy atom. The smallest absolute Gasteiger partial charge is 0.272 e. The lowest BCUT2D eigenvalue weighted by atomic mass is 10.1. The van der Waals surface area contributed by atoms with Gasteiger partial charge in [0.2, 0.25) is 5.91 Å². The number of benzene rings is 3. The predicted molar refractivity (Wildman–Crippen MR) is 165 cm³/mol. The predicted octanol–water partition coefficient (Wildman–Crippen LogP) is 5.31. The van der Waals surface area contributed by atoms with Crippen molar-refractivity contribution in [3.63, 3.8) is 0 Å². The van der Waals surface area contributed by atoms with Gasteiger partial charge in [-0.1, -0.05) is 24.3 Å². The van der Waals surface area contributed by atoms with Crippen molar-refractivity contribution < 1.29 is 28.6 Å².